The maximum absolute atomic E-state index is 13.0. The molecule has 2 aromatic carbocycles. The van der Waals surface area contributed by atoms with E-state index in [9.17, 15) is 4.39 Å². The first-order chi connectivity index (χ1) is 8.06. The number of nitrogens with two attached hydrogens (primary N) is 1. The van der Waals surface area contributed by atoms with E-state index in [-0.39, 0.29) is 5.82 Å². The number of halogens is 3. The Morgan fingerprint density at radius 1 is 1.00 bits per heavy atom. The SMILES string of the molecule is Nc1cc(I)ccc1Nc1ccc(F)cc1I. The number of rotatable bonds is 2. The Hall–Kier alpha value is -0.570. The van der Waals surface area contributed by atoms with Crippen LogP contribution in [-0.4, -0.2) is 0 Å². The average molecular weight is 454 g/mol. The van der Waals surface area contributed by atoms with Gasteiger partial charge in [0.1, 0.15) is 5.82 Å². The molecule has 3 N–H and O–H groups in total. The normalized spacial score (nSPS) is 10.3. The van der Waals surface area contributed by atoms with Crippen molar-refractivity contribution in [1.29, 1.82) is 0 Å². The number of nitrogens with one attached hydrogen (secondary N) is 1. The van der Waals surface area contributed by atoms with E-state index in [1.807, 2.05) is 18.2 Å². The maximum Gasteiger partial charge on any atom is 0.124 e. The molecule has 0 heterocycles. The van der Waals surface area contributed by atoms with Crippen LogP contribution < -0.4 is 11.1 Å². The van der Waals surface area contributed by atoms with Gasteiger partial charge in [-0.3, -0.25) is 0 Å². The van der Waals surface area contributed by atoms with E-state index in [2.05, 4.69) is 50.5 Å². The molecule has 0 bridgehead atoms. The number of hydrogen-bond acceptors (Lipinski definition) is 2. The molecule has 0 saturated carbocycles. The van der Waals surface area contributed by atoms with E-state index in [1.165, 1.54) is 12.1 Å². The van der Waals surface area contributed by atoms with Crippen molar-refractivity contribution in [2.45, 2.75) is 0 Å². The summed E-state index contributed by atoms with van der Waals surface area (Å²) in [7, 11) is 0. The monoisotopic (exact) mass is 454 g/mol. The molecule has 0 atom stereocenters. The van der Waals surface area contributed by atoms with Gasteiger partial charge in [-0.2, -0.15) is 0 Å². The molecule has 0 aliphatic heterocycles. The second-order valence-electron chi connectivity index (χ2n) is 3.48. The minimum absolute atomic E-state index is 0.240. The Balaban J connectivity index is 2.31. The highest BCUT2D eigenvalue weighted by atomic mass is 127. The largest absolute Gasteiger partial charge is 0.397 e. The molecule has 0 unspecified atom stereocenters. The molecule has 0 aliphatic carbocycles. The quantitative estimate of drug-likeness (QED) is 0.523. The van der Waals surface area contributed by atoms with Crippen molar-refractivity contribution in [3.63, 3.8) is 0 Å². The molecule has 0 amide bonds. The van der Waals surface area contributed by atoms with E-state index in [0.717, 1.165) is 18.5 Å². The molecular weight excluding hydrogens is 445 g/mol. The van der Waals surface area contributed by atoms with Crippen molar-refractivity contribution >= 4 is 62.2 Å². The minimum atomic E-state index is -0.240. The van der Waals surface area contributed by atoms with Crippen LogP contribution in [0.2, 0.25) is 0 Å². The predicted molar refractivity (Wildman–Crippen MR) is 86.0 cm³/mol. The fraction of sp³-hybridized carbons (Fsp3) is 0. The maximum atomic E-state index is 13.0. The fourth-order valence-electron chi connectivity index (χ4n) is 1.38. The zero-order valence-corrected chi connectivity index (χ0v) is 13.0. The number of benzene rings is 2. The van der Waals surface area contributed by atoms with Crippen LogP contribution in [0.5, 0.6) is 0 Å². The van der Waals surface area contributed by atoms with E-state index in [4.69, 9.17) is 5.73 Å². The van der Waals surface area contributed by atoms with Crippen molar-refractivity contribution < 1.29 is 4.39 Å². The Bertz CT molecular complexity index is 509. The third-order valence-corrected chi connectivity index (χ3v) is 3.78. The second-order valence-corrected chi connectivity index (χ2v) is 5.89. The van der Waals surface area contributed by atoms with Crippen molar-refractivity contribution in [3.8, 4) is 0 Å². The van der Waals surface area contributed by atoms with Gasteiger partial charge in [0.25, 0.3) is 0 Å². The number of hydrogen-bond donors (Lipinski definition) is 2. The Kier molecular flexibility index (Phi) is 4.08. The second kappa shape index (κ2) is 5.38. The summed E-state index contributed by atoms with van der Waals surface area (Å²) >= 11 is 4.29. The number of nitrogen functional groups attached to an aromatic ring is 1. The van der Waals surface area contributed by atoms with Gasteiger partial charge < -0.3 is 11.1 Å². The lowest BCUT2D eigenvalue weighted by Gasteiger charge is -2.11. The summed E-state index contributed by atoms with van der Waals surface area (Å²) in [5.74, 6) is -0.240. The van der Waals surface area contributed by atoms with Gasteiger partial charge in [0.05, 0.1) is 17.1 Å². The van der Waals surface area contributed by atoms with E-state index in [1.54, 1.807) is 6.07 Å². The predicted octanol–water partition coefficient (Wildman–Crippen LogP) is 4.36. The van der Waals surface area contributed by atoms with Gasteiger partial charge in [0.2, 0.25) is 0 Å². The van der Waals surface area contributed by atoms with Crippen molar-refractivity contribution in [2.75, 3.05) is 11.1 Å². The summed E-state index contributed by atoms with van der Waals surface area (Å²) in [5, 5.41) is 3.19. The van der Waals surface area contributed by atoms with Crippen molar-refractivity contribution in [2.24, 2.45) is 0 Å². The Morgan fingerprint density at radius 3 is 2.35 bits per heavy atom. The first kappa shape index (κ1) is 12.9. The topological polar surface area (TPSA) is 38.0 Å². The van der Waals surface area contributed by atoms with Crippen LogP contribution in [0.15, 0.2) is 36.4 Å². The van der Waals surface area contributed by atoms with Gasteiger partial charge in [-0.25, -0.2) is 4.39 Å². The standard InChI is InChI=1S/C12H9FI2N2/c13-7-1-3-11(9(15)5-7)17-12-4-2-8(14)6-10(12)16/h1-6,17H,16H2. The molecule has 2 rings (SSSR count). The molecule has 0 fully saturated rings. The van der Waals surface area contributed by atoms with Crippen molar-refractivity contribution in [1.82, 2.24) is 0 Å². The molecule has 0 aromatic heterocycles. The molecule has 0 radical (unpaired) electrons. The van der Waals surface area contributed by atoms with E-state index >= 15 is 0 Å². The van der Waals surface area contributed by atoms with E-state index < -0.39 is 0 Å². The highest BCUT2D eigenvalue weighted by Crippen LogP contribution is 2.27. The highest BCUT2D eigenvalue weighted by molar-refractivity contribution is 14.1. The van der Waals surface area contributed by atoms with Gasteiger partial charge in [0, 0.05) is 7.14 Å². The van der Waals surface area contributed by atoms with E-state index in [0.29, 0.717) is 5.69 Å². The minimum Gasteiger partial charge on any atom is -0.397 e. The summed E-state index contributed by atoms with van der Waals surface area (Å²) in [6.45, 7) is 0. The van der Waals surface area contributed by atoms with Crippen LogP contribution in [0, 0.1) is 13.0 Å². The van der Waals surface area contributed by atoms with Crippen LogP contribution in [0.1, 0.15) is 0 Å². The third-order valence-electron chi connectivity index (χ3n) is 2.21. The van der Waals surface area contributed by atoms with Gasteiger partial charge >= 0.3 is 0 Å². The van der Waals surface area contributed by atoms with Gasteiger partial charge in [-0.05, 0) is 81.6 Å². The summed E-state index contributed by atoms with van der Waals surface area (Å²) < 4.78 is 14.9. The molecular formula is C12H9FI2N2. The van der Waals surface area contributed by atoms with Crippen LogP contribution >= 0.6 is 45.2 Å². The summed E-state index contributed by atoms with van der Waals surface area (Å²) in [5.41, 5.74) is 8.26. The summed E-state index contributed by atoms with van der Waals surface area (Å²) in [6, 6.07) is 10.4. The van der Waals surface area contributed by atoms with Crippen LogP contribution in [-0.2, 0) is 0 Å². The summed E-state index contributed by atoms with van der Waals surface area (Å²) in [4.78, 5) is 0. The first-order valence-electron chi connectivity index (χ1n) is 4.83. The molecule has 0 spiro atoms. The third kappa shape index (κ3) is 3.21. The Labute approximate surface area is 126 Å². The van der Waals surface area contributed by atoms with Crippen LogP contribution in [0.3, 0.4) is 0 Å². The first-order valence-corrected chi connectivity index (χ1v) is 6.99. The summed E-state index contributed by atoms with van der Waals surface area (Å²) in [6.07, 6.45) is 0. The highest BCUT2D eigenvalue weighted by Gasteiger charge is 2.04. The molecule has 2 nitrogen and oxygen atoms in total. The molecule has 0 saturated heterocycles. The molecule has 17 heavy (non-hydrogen) atoms. The molecule has 5 heteroatoms. The zero-order valence-electron chi connectivity index (χ0n) is 8.68. The molecule has 0 aliphatic rings. The smallest absolute Gasteiger partial charge is 0.124 e. The van der Waals surface area contributed by atoms with Gasteiger partial charge in [-0.1, -0.05) is 0 Å². The fourth-order valence-corrected chi connectivity index (χ4v) is 2.51. The lowest BCUT2D eigenvalue weighted by Crippen LogP contribution is -1.98. The number of anilines is 3. The average Bonchev–Trinajstić information content (AvgIpc) is 2.25. The van der Waals surface area contributed by atoms with Gasteiger partial charge in [-0.15, -0.1) is 0 Å². The zero-order chi connectivity index (χ0) is 12.4. The van der Waals surface area contributed by atoms with Crippen molar-refractivity contribution in [3.05, 3.63) is 49.4 Å². The van der Waals surface area contributed by atoms with Gasteiger partial charge in [0.15, 0.2) is 0 Å². The lowest BCUT2D eigenvalue weighted by atomic mass is 10.2. The lowest BCUT2D eigenvalue weighted by molar-refractivity contribution is 0.627. The Morgan fingerprint density at radius 2 is 1.71 bits per heavy atom. The van der Waals surface area contributed by atoms with Crippen LogP contribution in [0.25, 0.3) is 0 Å². The van der Waals surface area contributed by atoms with Crippen LogP contribution in [0.4, 0.5) is 21.5 Å². The molecule has 2 aromatic rings. The molecule has 88 valence electrons.